The van der Waals surface area contributed by atoms with E-state index in [1.165, 1.54) is 0 Å². The van der Waals surface area contributed by atoms with Crippen molar-refractivity contribution in [3.8, 4) is 0 Å². The van der Waals surface area contributed by atoms with Crippen LogP contribution in [0.2, 0.25) is 0 Å². The van der Waals surface area contributed by atoms with Gasteiger partial charge in [0.15, 0.2) is 0 Å². The van der Waals surface area contributed by atoms with E-state index in [1.54, 1.807) is 30.5 Å². The number of rotatable bonds is 7. The first-order valence-corrected chi connectivity index (χ1v) is 7.77. The Morgan fingerprint density at radius 3 is 2.52 bits per heavy atom. The number of aromatic nitrogens is 1. The lowest BCUT2D eigenvalue weighted by Gasteiger charge is -2.07. The summed E-state index contributed by atoms with van der Waals surface area (Å²) in [7, 11) is 0. The number of pyridine rings is 1. The zero-order valence-corrected chi connectivity index (χ0v) is 13.2. The second kappa shape index (κ2) is 8.68. The molecule has 0 radical (unpaired) electrons. The molecule has 0 aliphatic heterocycles. The molecule has 2 aromatic rings. The quantitative estimate of drug-likeness (QED) is 0.825. The maximum absolute atomic E-state index is 12.1. The third kappa shape index (κ3) is 5.54. The molecular formula is C18H21N3O2. The number of carbonyl (C=O) groups excluding carboxylic acids is 2. The highest BCUT2D eigenvalue weighted by atomic mass is 16.2. The largest absolute Gasteiger partial charge is 0.346 e. The topological polar surface area (TPSA) is 71.1 Å². The number of anilines is 1. The van der Waals surface area contributed by atoms with Crippen LogP contribution in [-0.2, 0) is 11.3 Å². The number of carbonyl (C=O) groups is 2. The van der Waals surface area contributed by atoms with E-state index in [4.69, 9.17) is 0 Å². The third-order valence-electron chi connectivity index (χ3n) is 3.34. The Hall–Kier alpha value is -2.69. The molecule has 0 spiro atoms. The van der Waals surface area contributed by atoms with Crippen LogP contribution in [0, 0.1) is 0 Å². The number of nitrogens with zero attached hydrogens (tertiary/aromatic N) is 1. The van der Waals surface area contributed by atoms with E-state index in [0.717, 1.165) is 18.5 Å². The standard InChI is InChI=1S/C18H21N3O2/c1-2-3-7-17(22)21-15-10-8-14(9-11-15)18(23)20-13-16-6-4-5-12-19-16/h4-6,8-12H,2-3,7,13H2,1H3,(H,20,23)(H,21,22). The molecule has 0 fully saturated rings. The number of hydrogen-bond donors (Lipinski definition) is 2. The molecule has 23 heavy (non-hydrogen) atoms. The van der Waals surface area contributed by atoms with Crippen LogP contribution in [0.1, 0.15) is 42.2 Å². The van der Waals surface area contributed by atoms with Crippen molar-refractivity contribution in [2.45, 2.75) is 32.7 Å². The summed E-state index contributed by atoms with van der Waals surface area (Å²) >= 11 is 0. The summed E-state index contributed by atoms with van der Waals surface area (Å²) in [5, 5.41) is 5.63. The maximum Gasteiger partial charge on any atom is 0.251 e. The van der Waals surface area contributed by atoms with Crippen LogP contribution >= 0.6 is 0 Å². The molecule has 1 aromatic carbocycles. The highest BCUT2D eigenvalue weighted by molar-refractivity contribution is 5.95. The second-order valence-electron chi connectivity index (χ2n) is 5.23. The molecule has 2 amide bonds. The highest BCUT2D eigenvalue weighted by Gasteiger charge is 2.06. The Morgan fingerprint density at radius 2 is 1.87 bits per heavy atom. The van der Waals surface area contributed by atoms with Crippen LogP contribution in [0.5, 0.6) is 0 Å². The average Bonchev–Trinajstić information content (AvgIpc) is 2.59. The third-order valence-corrected chi connectivity index (χ3v) is 3.34. The first-order chi connectivity index (χ1) is 11.2. The summed E-state index contributed by atoms with van der Waals surface area (Å²) < 4.78 is 0. The van der Waals surface area contributed by atoms with Gasteiger partial charge in [-0.3, -0.25) is 14.6 Å². The second-order valence-corrected chi connectivity index (χ2v) is 5.23. The SMILES string of the molecule is CCCCC(=O)Nc1ccc(C(=O)NCc2ccccn2)cc1. The first-order valence-electron chi connectivity index (χ1n) is 7.77. The van der Waals surface area contributed by atoms with Gasteiger partial charge in [0.1, 0.15) is 0 Å². The van der Waals surface area contributed by atoms with Crippen molar-refractivity contribution >= 4 is 17.5 Å². The normalized spacial score (nSPS) is 10.1. The fraction of sp³-hybridized carbons (Fsp3) is 0.278. The van der Waals surface area contributed by atoms with Crippen molar-refractivity contribution < 1.29 is 9.59 Å². The molecule has 0 aliphatic carbocycles. The fourth-order valence-electron chi connectivity index (χ4n) is 2.04. The summed E-state index contributed by atoms with van der Waals surface area (Å²) in [4.78, 5) is 27.9. The van der Waals surface area contributed by atoms with E-state index in [1.807, 2.05) is 25.1 Å². The number of benzene rings is 1. The lowest BCUT2D eigenvalue weighted by Crippen LogP contribution is -2.23. The van der Waals surface area contributed by atoms with Gasteiger partial charge in [0.2, 0.25) is 5.91 Å². The number of amides is 2. The van der Waals surface area contributed by atoms with Gasteiger partial charge in [-0.25, -0.2) is 0 Å². The van der Waals surface area contributed by atoms with Crippen molar-refractivity contribution in [1.29, 1.82) is 0 Å². The molecule has 0 aliphatic rings. The van der Waals surface area contributed by atoms with Crippen molar-refractivity contribution in [1.82, 2.24) is 10.3 Å². The fourth-order valence-corrected chi connectivity index (χ4v) is 2.04. The maximum atomic E-state index is 12.1. The van der Waals surface area contributed by atoms with Gasteiger partial charge < -0.3 is 10.6 Å². The number of unbranched alkanes of at least 4 members (excludes halogenated alkanes) is 1. The average molecular weight is 311 g/mol. The molecule has 2 N–H and O–H groups in total. The molecule has 0 saturated heterocycles. The van der Waals surface area contributed by atoms with E-state index in [-0.39, 0.29) is 11.8 Å². The Labute approximate surface area is 136 Å². The van der Waals surface area contributed by atoms with Crippen molar-refractivity contribution in [3.63, 3.8) is 0 Å². The van der Waals surface area contributed by atoms with Crippen LogP contribution in [0.25, 0.3) is 0 Å². The van der Waals surface area contributed by atoms with Crippen LogP contribution in [0.3, 0.4) is 0 Å². The predicted octanol–water partition coefficient (Wildman–Crippen LogP) is 3.14. The van der Waals surface area contributed by atoms with Crippen LogP contribution in [0.15, 0.2) is 48.7 Å². The summed E-state index contributed by atoms with van der Waals surface area (Å²) in [5.41, 5.74) is 2.06. The minimum atomic E-state index is -0.167. The zero-order valence-electron chi connectivity index (χ0n) is 13.2. The summed E-state index contributed by atoms with van der Waals surface area (Å²) in [6.07, 6.45) is 4.07. The van der Waals surface area contributed by atoms with Crippen LogP contribution < -0.4 is 10.6 Å². The van der Waals surface area contributed by atoms with Crippen molar-refractivity contribution in [2.24, 2.45) is 0 Å². The Morgan fingerprint density at radius 1 is 1.09 bits per heavy atom. The Bertz CT molecular complexity index is 639. The molecule has 0 unspecified atom stereocenters. The van der Waals surface area contributed by atoms with Gasteiger partial charge in [-0.1, -0.05) is 19.4 Å². The van der Waals surface area contributed by atoms with Crippen LogP contribution in [-0.4, -0.2) is 16.8 Å². The summed E-state index contributed by atoms with van der Waals surface area (Å²) in [6.45, 7) is 2.43. The van der Waals surface area contributed by atoms with Gasteiger partial charge in [0.05, 0.1) is 12.2 Å². The summed E-state index contributed by atoms with van der Waals surface area (Å²) in [5.74, 6) is -0.168. The molecular weight excluding hydrogens is 290 g/mol. The molecule has 120 valence electrons. The highest BCUT2D eigenvalue weighted by Crippen LogP contribution is 2.11. The van der Waals surface area contributed by atoms with E-state index in [2.05, 4.69) is 15.6 Å². The molecule has 1 heterocycles. The van der Waals surface area contributed by atoms with Crippen LogP contribution in [0.4, 0.5) is 5.69 Å². The van der Waals surface area contributed by atoms with E-state index >= 15 is 0 Å². The van der Waals surface area contributed by atoms with Gasteiger partial charge in [-0.15, -0.1) is 0 Å². The van der Waals surface area contributed by atoms with E-state index in [0.29, 0.717) is 24.2 Å². The minimum absolute atomic E-state index is 0.000737. The Kier molecular flexibility index (Phi) is 6.29. The monoisotopic (exact) mass is 311 g/mol. The molecule has 1 aromatic heterocycles. The summed E-state index contributed by atoms with van der Waals surface area (Å²) in [6, 6.07) is 12.4. The van der Waals surface area contributed by atoms with Gasteiger partial charge in [-0.2, -0.15) is 0 Å². The molecule has 0 saturated carbocycles. The van der Waals surface area contributed by atoms with Gasteiger partial charge in [-0.05, 0) is 42.8 Å². The predicted molar refractivity (Wildman–Crippen MR) is 90.0 cm³/mol. The molecule has 5 heteroatoms. The van der Waals surface area contributed by atoms with Gasteiger partial charge in [0.25, 0.3) is 5.91 Å². The molecule has 0 atom stereocenters. The smallest absolute Gasteiger partial charge is 0.251 e. The lowest BCUT2D eigenvalue weighted by molar-refractivity contribution is -0.116. The Balaban J connectivity index is 1.86. The number of hydrogen-bond acceptors (Lipinski definition) is 3. The molecule has 0 bridgehead atoms. The lowest BCUT2D eigenvalue weighted by atomic mass is 10.2. The van der Waals surface area contributed by atoms with Crippen molar-refractivity contribution in [2.75, 3.05) is 5.32 Å². The van der Waals surface area contributed by atoms with Gasteiger partial charge >= 0.3 is 0 Å². The minimum Gasteiger partial charge on any atom is -0.346 e. The van der Waals surface area contributed by atoms with E-state index < -0.39 is 0 Å². The molecule has 5 nitrogen and oxygen atoms in total. The van der Waals surface area contributed by atoms with Crippen molar-refractivity contribution in [3.05, 3.63) is 59.9 Å². The van der Waals surface area contributed by atoms with Gasteiger partial charge in [0, 0.05) is 23.9 Å². The zero-order chi connectivity index (χ0) is 16.5. The first kappa shape index (κ1) is 16.7. The van der Waals surface area contributed by atoms with E-state index in [9.17, 15) is 9.59 Å². The number of nitrogens with one attached hydrogen (secondary N) is 2. The molecule has 2 rings (SSSR count).